The summed E-state index contributed by atoms with van der Waals surface area (Å²) in [4.78, 5) is 4.41. The molecule has 0 unspecified atom stereocenters. The number of aromatic nitrogens is 3. The molecule has 2 aromatic carbocycles. The van der Waals surface area contributed by atoms with Gasteiger partial charge in [-0.15, -0.1) is 0 Å². The normalized spacial score (nSPS) is 11.5. The van der Waals surface area contributed by atoms with Crippen molar-refractivity contribution in [3.05, 3.63) is 65.9 Å². The average Bonchev–Trinajstić information content (AvgIpc) is 3.17. The molecule has 4 aromatic rings. The number of hydrogen-bond acceptors (Lipinski definition) is 5. The number of rotatable bonds is 5. The summed E-state index contributed by atoms with van der Waals surface area (Å²) in [6.07, 6.45) is 3.29. The molecular weight excluding hydrogens is 400 g/mol. The van der Waals surface area contributed by atoms with E-state index in [1.807, 2.05) is 6.07 Å². The van der Waals surface area contributed by atoms with Crippen LogP contribution in [0.4, 0.5) is 5.69 Å². The molecule has 0 amide bonds. The van der Waals surface area contributed by atoms with Crippen LogP contribution in [0, 0.1) is 0 Å². The van der Waals surface area contributed by atoms with Gasteiger partial charge in [0.1, 0.15) is 5.75 Å². The van der Waals surface area contributed by atoms with E-state index in [2.05, 4.69) is 19.9 Å². The number of hydrogen-bond donors (Lipinski definition) is 2. The number of halogens is 1. The highest BCUT2D eigenvalue weighted by molar-refractivity contribution is 7.92. The van der Waals surface area contributed by atoms with Crippen LogP contribution in [0.5, 0.6) is 5.75 Å². The number of sulfonamides is 1. The first-order chi connectivity index (χ1) is 13.5. The Kier molecular flexibility index (Phi) is 4.66. The fraction of sp³-hybridized carbons (Fsp3) is 0.0526. The number of benzene rings is 2. The molecule has 2 heterocycles. The summed E-state index contributed by atoms with van der Waals surface area (Å²) in [6.45, 7) is 0. The van der Waals surface area contributed by atoms with Gasteiger partial charge in [-0.2, -0.15) is 5.10 Å². The van der Waals surface area contributed by atoms with E-state index in [-0.39, 0.29) is 4.90 Å². The maximum absolute atomic E-state index is 12.8. The Morgan fingerprint density at radius 2 is 1.86 bits per heavy atom. The van der Waals surface area contributed by atoms with Gasteiger partial charge in [0.25, 0.3) is 10.0 Å². The molecule has 0 aliphatic rings. The number of pyridine rings is 1. The second-order valence-electron chi connectivity index (χ2n) is 6.01. The SMILES string of the molecule is COc1ccc(S(=O)(=O)Nc2ccc(Cl)cc2)cc1-c1cnc2[nH]ncc2c1. The molecule has 7 nitrogen and oxygen atoms in total. The highest BCUT2D eigenvalue weighted by atomic mass is 35.5. The van der Waals surface area contributed by atoms with E-state index in [1.165, 1.54) is 13.2 Å². The number of aromatic amines is 1. The van der Waals surface area contributed by atoms with Gasteiger partial charge in [0.2, 0.25) is 0 Å². The second-order valence-corrected chi connectivity index (χ2v) is 8.13. The third-order valence-corrected chi connectivity index (χ3v) is 5.81. The standard InChI is InChI=1S/C19H15ClN4O3S/c1-27-18-7-6-16(28(25,26)24-15-4-2-14(20)3-5-15)9-17(18)12-8-13-11-22-23-19(13)21-10-12/h2-11,24H,1H3,(H,21,22,23). The highest BCUT2D eigenvalue weighted by Gasteiger charge is 2.18. The molecule has 0 spiro atoms. The van der Waals surface area contributed by atoms with E-state index < -0.39 is 10.0 Å². The van der Waals surface area contributed by atoms with E-state index in [0.717, 1.165) is 5.39 Å². The van der Waals surface area contributed by atoms with Crippen LogP contribution >= 0.6 is 11.6 Å². The summed E-state index contributed by atoms with van der Waals surface area (Å²) in [6, 6.07) is 13.0. The fourth-order valence-electron chi connectivity index (χ4n) is 2.80. The molecule has 2 N–H and O–H groups in total. The lowest BCUT2D eigenvalue weighted by Crippen LogP contribution is -2.13. The third-order valence-electron chi connectivity index (χ3n) is 4.18. The van der Waals surface area contributed by atoms with Gasteiger partial charge in [-0.3, -0.25) is 9.82 Å². The van der Waals surface area contributed by atoms with Crippen molar-refractivity contribution in [2.45, 2.75) is 4.90 Å². The number of ether oxygens (including phenoxy) is 1. The van der Waals surface area contributed by atoms with E-state index >= 15 is 0 Å². The van der Waals surface area contributed by atoms with Gasteiger partial charge >= 0.3 is 0 Å². The van der Waals surface area contributed by atoms with Crippen LogP contribution in [0.1, 0.15) is 0 Å². The minimum absolute atomic E-state index is 0.102. The van der Waals surface area contributed by atoms with Crippen molar-refractivity contribution in [1.29, 1.82) is 0 Å². The zero-order valence-corrected chi connectivity index (χ0v) is 16.3. The summed E-state index contributed by atoms with van der Waals surface area (Å²) < 4.78 is 33.6. The Hall–Kier alpha value is -3.10. The smallest absolute Gasteiger partial charge is 0.261 e. The molecule has 9 heteroatoms. The molecule has 0 aliphatic carbocycles. The zero-order chi connectivity index (χ0) is 19.7. The van der Waals surface area contributed by atoms with Gasteiger partial charge in [-0.25, -0.2) is 13.4 Å². The maximum Gasteiger partial charge on any atom is 0.261 e. The number of methoxy groups -OCH3 is 1. The van der Waals surface area contributed by atoms with Crippen LogP contribution in [-0.2, 0) is 10.0 Å². The van der Waals surface area contributed by atoms with Gasteiger partial charge in [-0.05, 0) is 48.5 Å². The molecule has 0 saturated heterocycles. The lowest BCUT2D eigenvalue weighted by Gasteiger charge is -2.13. The van der Waals surface area contributed by atoms with Gasteiger partial charge in [0.05, 0.1) is 18.2 Å². The Balaban J connectivity index is 1.76. The highest BCUT2D eigenvalue weighted by Crippen LogP contribution is 2.33. The molecule has 0 fully saturated rings. The quantitative estimate of drug-likeness (QED) is 0.512. The van der Waals surface area contributed by atoms with Crippen LogP contribution in [0.2, 0.25) is 5.02 Å². The summed E-state index contributed by atoms with van der Waals surface area (Å²) in [5.41, 5.74) is 2.39. The molecular formula is C19H15ClN4O3S. The Labute approximate surface area is 166 Å². The number of fused-ring (bicyclic) bond motifs is 1. The van der Waals surface area contributed by atoms with E-state index in [1.54, 1.807) is 48.8 Å². The molecule has 2 aromatic heterocycles. The monoisotopic (exact) mass is 414 g/mol. The van der Waals surface area contributed by atoms with Crippen LogP contribution in [0.15, 0.2) is 65.8 Å². The third kappa shape index (κ3) is 3.51. The number of nitrogens with zero attached hydrogens (tertiary/aromatic N) is 2. The first kappa shape index (κ1) is 18.3. The molecule has 142 valence electrons. The molecule has 4 rings (SSSR count). The van der Waals surface area contributed by atoms with E-state index in [4.69, 9.17) is 16.3 Å². The Bertz CT molecular complexity index is 1250. The van der Waals surface area contributed by atoms with Crippen LogP contribution < -0.4 is 9.46 Å². The predicted molar refractivity (Wildman–Crippen MR) is 108 cm³/mol. The maximum atomic E-state index is 12.8. The Morgan fingerprint density at radius 3 is 2.61 bits per heavy atom. The molecule has 0 aliphatic heterocycles. The van der Waals surface area contributed by atoms with Gasteiger partial charge in [-0.1, -0.05) is 11.6 Å². The van der Waals surface area contributed by atoms with E-state index in [9.17, 15) is 8.42 Å². The lowest BCUT2D eigenvalue weighted by molar-refractivity contribution is 0.416. The number of anilines is 1. The largest absolute Gasteiger partial charge is 0.496 e. The average molecular weight is 415 g/mol. The predicted octanol–water partition coefficient (Wildman–Crippen LogP) is 4.09. The summed E-state index contributed by atoms with van der Waals surface area (Å²) in [7, 11) is -2.27. The van der Waals surface area contributed by atoms with Gasteiger partial charge in [0.15, 0.2) is 5.65 Å². The van der Waals surface area contributed by atoms with Crippen molar-refractivity contribution >= 4 is 38.3 Å². The topological polar surface area (TPSA) is 97.0 Å². The van der Waals surface area contributed by atoms with Crippen molar-refractivity contribution in [3.63, 3.8) is 0 Å². The first-order valence-corrected chi connectivity index (χ1v) is 10.1. The van der Waals surface area contributed by atoms with Gasteiger partial charge < -0.3 is 4.74 Å². The second kappa shape index (κ2) is 7.14. The minimum atomic E-state index is -3.80. The fourth-order valence-corrected chi connectivity index (χ4v) is 4.01. The van der Waals surface area contributed by atoms with E-state index in [0.29, 0.717) is 33.2 Å². The molecule has 0 saturated carbocycles. The van der Waals surface area contributed by atoms with Crippen molar-refractivity contribution in [2.24, 2.45) is 0 Å². The summed E-state index contributed by atoms with van der Waals surface area (Å²) in [5.74, 6) is 0.537. The van der Waals surface area contributed by atoms with Crippen LogP contribution in [0.3, 0.4) is 0 Å². The van der Waals surface area contributed by atoms with Crippen LogP contribution in [0.25, 0.3) is 22.2 Å². The van der Waals surface area contributed by atoms with Crippen molar-refractivity contribution in [2.75, 3.05) is 11.8 Å². The van der Waals surface area contributed by atoms with Crippen molar-refractivity contribution in [3.8, 4) is 16.9 Å². The first-order valence-electron chi connectivity index (χ1n) is 8.22. The molecule has 0 radical (unpaired) electrons. The molecule has 0 bridgehead atoms. The lowest BCUT2D eigenvalue weighted by atomic mass is 10.1. The Morgan fingerprint density at radius 1 is 1.07 bits per heavy atom. The van der Waals surface area contributed by atoms with Crippen molar-refractivity contribution < 1.29 is 13.2 Å². The summed E-state index contributed by atoms with van der Waals surface area (Å²) >= 11 is 5.85. The molecule has 28 heavy (non-hydrogen) atoms. The van der Waals surface area contributed by atoms with Crippen LogP contribution in [-0.4, -0.2) is 30.7 Å². The number of nitrogens with one attached hydrogen (secondary N) is 2. The number of H-pyrrole nitrogens is 1. The zero-order valence-electron chi connectivity index (χ0n) is 14.7. The van der Waals surface area contributed by atoms with Crippen molar-refractivity contribution in [1.82, 2.24) is 15.2 Å². The van der Waals surface area contributed by atoms with Gasteiger partial charge in [0, 0.05) is 33.4 Å². The minimum Gasteiger partial charge on any atom is -0.496 e. The molecule has 0 atom stereocenters. The summed E-state index contributed by atoms with van der Waals surface area (Å²) in [5, 5.41) is 8.08.